The van der Waals surface area contributed by atoms with Crippen molar-refractivity contribution >= 4 is 49.4 Å². The van der Waals surface area contributed by atoms with Gasteiger partial charge in [0.2, 0.25) is 17.6 Å². The molecule has 19 heavy (non-hydrogen) atoms. The highest BCUT2D eigenvalue weighted by molar-refractivity contribution is 9.10. The van der Waals surface area contributed by atoms with Gasteiger partial charge in [-0.25, -0.2) is 0 Å². The lowest BCUT2D eigenvalue weighted by Gasteiger charge is -2.01. The van der Waals surface area contributed by atoms with Crippen LogP contribution in [0.15, 0.2) is 62.0 Å². The maximum absolute atomic E-state index is 5.48. The van der Waals surface area contributed by atoms with Gasteiger partial charge in [0.1, 0.15) is 11.5 Å². The fourth-order valence-corrected chi connectivity index (χ4v) is 2.87. The van der Waals surface area contributed by atoms with Gasteiger partial charge in [-0.3, -0.25) is 0 Å². The summed E-state index contributed by atoms with van der Waals surface area (Å²) in [6.45, 7) is 0. The van der Waals surface area contributed by atoms with E-state index in [-0.39, 0.29) is 8.96 Å². The standard InChI is InChI=1S/C12H9Br2NO2P2/c13-9-3-1-5-11(7-9)16-18-15-19-17-12-6-2-4-10(14)8-12/h1-8,18H. The van der Waals surface area contributed by atoms with Gasteiger partial charge in [-0.15, -0.1) is 0 Å². The first-order valence-corrected chi connectivity index (χ1v) is 8.45. The zero-order chi connectivity index (χ0) is 13.5. The van der Waals surface area contributed by atoms with Crippen LogP contribution in [0.2, 0.25) is 0 Å². The molecule has 2 aromatic carbocycles. The van der Waals surface area contributed by atoms with Crippen LogP contribution in [0.3, 0.4) is 0 Å². The van der Waals surface area contributed by atoms with Gasteiger partial charge >= 0.3 is 0 Å². The number of halogens is 2. The summed E-state index contributed by atoms with van der Waals surface area (Å²) in [6, 6.07) is 15.3. The Morgan fingerprint density at radius 3 is 2.26 bits per heavy atom. The summed E-state index contributed by atoms with van der Waals surface area (Å²) in [5.74, 6) is 1.56. The van der Waals surface area contributed by atoms with E-state index in [9.17, 15) is 0 Å². The Morgan fingerprint density at radius 1 is 0.947 bits per heavy atom. The van der Waals surface area contributed by atoms with Gasteiger partial charge < -0.3 is 9.05 Å². The van der Waals surface area contributed by atoms with Gasteiger partial charge in [-0.1, -0.05) is 44.0 Å². The van der Waals surface area contributed by atoms with Crippen molar-refractivity contribution in [2.24, 2.45) is 4.52 Å². The van der Waals surface area contributed by atoms with Crippen molar-refractivity contribution in [3.05, 3.63) is 57.5 Å². The smallest absolute Gasteiger partial charge is 0.249 e. The second kappa shape index (κ2) is 7.96. The summed E-state index contributed by atoms with van der Waals surface area (Å²) in [6.07, 6.45) is 0. The summed E-state index contributed by atoms with van der Waals surface area (Å²) >= 11 is 6.76. The molecule has 0 heterocycles. The molecule has 0 spiro atoms. The molecule has 0 aliphatic rings. The monoisotopic (exact) mass is 419 g/mol. The molecule has 0 aliphatic carbocycles. The second-order valence-electron chi connectivity index (χ2n) is 3.38. The van der Waals surface area contributed by atoms with Crippen LogP contribution in [0, 0.1) is 0 Å². The Morgan fingerprint density at radius 2 is 1.58 bits per heavy atom. The largest absolute Gasteiger partial charge is 0.454 e. The highest BCUT2D eigenvalue weighted by atomic mass is 79.9. The number of nitrogens with zero attached hydrogens (tertiary/aromatic N) is 1. The van der Waals surface area contributed by atoms with Crippen LogP contribution in [-0.2, 0) is 0 Å². The summed E-state index contributed by atoms with van der Waals surface area (Å²) < 4.78 is 17.0. The molecular weight excluding hydrogens is 412 g/mol. The number of hydrogen-bond donors (Lipinski definition) is 0. The van der Waals surface area contributed by atoms with E-state index in [1.807, 2.05) is 48.5 Å². The minimum atomic E-state index is 0.0101. The van der Waals surface area contributed by atoms with E-state index in [1.54, 1.807) is 0 Å². The third-order valence-corrected chi connectivity index (χ3v) is 4.24. The predicted octanol–water partition coefficient (Wildman–Crippen LogP) is 6.22. The first-order chi connectivity index (χ1) is 9.24. The van der Waals surface area contributed by atoms with Gasteiger partial charge in [0.25, 0.3) is 0 Å². The average Bonchev–Trinajstić information content (AvgIpc) is 2.38. The summed E-state index contributed by atoms with van der Waals surface area (Å²) in [5, 5.41) is 0. The van der Waals surface area contributed by atoms with E-state index in [4.69, 9.17) is 9.05 Å². The van der Waals surface area contributed by atoms with E-state index >= 15 is 0 Å². The lowest BCUT2D eigenvalue weighted by molar-refractivity contribution is 0.626. The van der Waals surface area contributed by atoms with Gasteiger partial charge in [0.15, 0.2) is 0 Å². The minimum Gasteiger partial charge on any atom is -0.454 e. The van der Waals surface area contributed by atoms with Crippen molar-refractivity contribution < 1.29 is 9.05 Å². The lowest BCUT2D eigenvalue weighted by Crippen LogP contribution is -1.76. The number of hydrogen-bond acceptors (Lipinski definition) is 3. The third kappa shape index (κ3) is 5.58. The Hall–Kier alpha value is -0.470. The molecule has 3 nitrogen and oxygen atoms in total. The van der Waals surface area contributed by atoms with Crippen molar-refractivity contribution in [1.82, 2.24) is 0 Å². The molecule has 0 fully saturated rings. The van der Waals surface area contributed by atoms with E-state index in [1.165, 1.54) is 0 Å². The second-order valence-corrected chi connectivity index (χ2v) is 6.74. The van der Waals surface area contributed by atoms with Crippen LogP contribution in [-0.4, -0.2) is 0 Å². The van der Waals surface area contributed by atoms with E-state index < -0.39 is 0 Å². The van der Waals surface area contributed by atoms with Crippen LogP contribution >= 0.6 is 49.4 Å². The molecule has 0 aromatic heterocycles. The Bertz CT molecular complexity index is 581. The maximum Gasteiger partial charge on any atom is 0.249 e. The predicted molar refractivity (Wildman–Crippen MR) is 87.2 cm³/mol. The van der Waals surface area contributed by atoms with Crippen molar-refractivity contribution in [3.8, 4) is 11.5 Å². The highest BCUT2D eigenvalue weighted by Crippen LogP contribution is 2.28. The highest BCUT2D eigenvalue weighted by Gasteiger charge is 1.94. The van der Waals surface area contributed by atoms with Crippen molar-refractivity contribution in [2.45, 2.75) is 0 Å². The zero-order valence-corrected chi connectivity index (χ0v) is 14.7. The van der Waals surface area contributed by atoms with E-state index in [0.29, 0.717) is 8.60 Å². The third-order valence-electron chi connectivity index (χ3n) is 1.98. The number of rotatable bonds is 5. The molecule has 0 saturated heterocycles. The first-order valence-electron chi connectivity index (χ1n) is 5.24. The van der Waals surface area contributed by atoms with Crippen molar-refractivity contribution in [3.63, 3.8) is 0 Å². The molecule has 0 saturated carbocycles. The summed E-state index contributed by atoms with van der Waals surface area (Å²) in [5.41, 5.74) is 0. The van der Waals surface area contributed by atoms with Gasteiger partial charge in [-0.05, 0) is 36.4 Å². The molecule has 0 bridgehead atoms. The molecule has 1 unspecified atom stereocenters. The maximum atomic E-state index is 5.48. The Kier molecular flexibility index (Phi) is 6.25. The van der Waals surface area contributed by atoms with E-state index in [0.717, 1.165) is 20.4 Å². The molecule has 0 N–H and O–H groups in total. The lowest BCUT2D eigenvalue weighted by atomic mass is 10.3. The zero-order valence-electron chi connectivity index (χ0n) is 9.59. The molecule has 98 valence electrons. The fourth-order valence-electron chi connectivity index (χ4n) is 1.21. The quantitative estimate of drug-likeness (QED) is 0.537. The van der Waals surface area contributed by atoms with Gasteiger partial charge in [-0.2, -0.15) is 4.52 Å². The molecule has 7 heteroatoms. The molecule has 0 aliphatic heterocycles. The summed E-state index contributed by atoms with van der Waals surface area (Å²) in [4.78, 5) is 0. The van der Waals surface area contributed by atoms with Gasteiger partial charge in [0, 0.05) is 8.95 Å². The fraction of sp³-hybridized carbons (Fsp3) is 0. The van der Waals surface area contributed by atoms with Crippen LogP contribution in [0.5, 0.6) is 11.5 Å². The minimum absolute atomic E-state index is 0.0101. The Labute approximate surface area is 131 Å². The first kappa shape index (κ1) is 14.9. The van der Waals surface area contributed by atoms with Crippen LogP contribution < -0.4 is 9.05 Å². The van der Waals surface area contributed by atoms with Crippen LogP contribution in [0.1, 0.15) is 0 Å². The van der Waals surface area contributed by atoms with Crippen molar-refractivity contribution in [2.75, 3.05) is 0 Å². The summed E-state index contributed by atoms with van der Waals surface area (Å²) in [7, 11) is 0.537. The molecule has 2 aromatic rings. The molecule has 0 amide bonds. The topological polar surface area (TPSA) is 30.8 Å². The van der Waals surface area contributed by atoms with Gasteiger partial charge in [0.05, 0.1) is 0 Å². The Balaban J connectivity index is 1.78. The molecule has 0 radical (unpaired) electrons. The van der Waals surface area contributed by atoms with Crippen molar-refractivity contribution in [1.29, 1.82) is 0 Å². The molecule has 1 atom stereocenters. The molecular formula is C12H9Br2NO2P2. The average molecular weight is 421 g/mol. The van der Waals surface area contributed by atoms with Crippen LogP contribution in [0.25, 0.3) is 0 Å². The van der Waals surface area contributed by atoms with Crippen LogP contribution in [0.4, 0.5) is 0 Å². The normalized spacial score (nSPS) is 11.3. The molecule has 2 rings (SSSR count). The van der Waals surface area contributed by atoms with E-state index in [2.05, 4.69) is 36.4 Å². The number of benzene rings is 2. The SMILES string of the molecule is Brc1cccc(OP=NPOc2cccc(Br)c2)c1.